The Morgan fingerprint density at radius 3 is 2.69 bits per heavy atom. The maximum atomic E-state index is 6.11. The normalized spacial score (nSPS) is 10.4. The van der Waals surface area contributed by atoms with Crippen LogP contribution in [0.3, 0.4) is 0 Å². The Kier molecular flexibility index (Phi) is 5.70. The van der Waals surface area contributed by atoms with Gasteiger partial charge >= 0.3 is 0 Å². The fourth-order valence-electron chi connectivity index (χ4n) is 2.19. The van der Waals surface area contributed by atoms with Crippen molar-refractivity contribution in [1.29, 1.82) is 0 Å². The lowest BCUT2D eigenvalue weighted by molar-refractivity contribution is 0.376. The number of nitrogens with zero attached hydrogens (tertiary/aromatic N) is 2. The number of ether oxygens (including phenoxy) is 1. The van der Waals surface area contributed by atoms with Crippen molar-refractivity contribution in [2.75, 3.05) is 12.4 Å². The first kappa shape index (κ1) is 18.2. The number of benzene rings is 2. The molecular weight excluding hydrogens is 372 g/mol. The van der Waals surface area contributed by atoms with Gasteiger partial charge < -0.3 is 19.9 Å². The Morgan fingerprint density at radius 1 is 1.23 bits per heavy atom. The van der Waals surface area contributed by atoms with Crippen LogP contribution in [0.25, 0.3) is 11.4 Å². The smallest absolute Gasteiger partial charge is 0.246 e. The number of nitrogens with one attached hydrogen (secondary N) is 2. The van der Waals surface area contributed by atoms with E-state index < -0.39 is 0 Å². The van der Waals surface area contributed by atoms with E-state index in [4.69, 9.17) is 33.1 Å². The Balaban J connectivity index is 1.56. The van der Waals surface area contributed by atoms with Crippen molar-refractivity contribution in [2.24, 2.45) is 0 Å². The quantitative estimate of drug-likeness (QED) is 0.635. The summed E-state index contributed by atoms with van der Waals surface area (Å²) in [4.78, 5) is 4.35. The van der Waals surface area contributed by atoms with Crippen molar-refractivity contribution >= 4 is 34.6 Å². The largest absolute Gasteiger partial charge is 0.497 e. The summed E-state index contributed by atoms with van der Waals surface area (Å²) in [6, 6.07) is 13.1. The van der Waals surface area contributed by atoms with E-state index in [1.165, 1.54) is 0 Å². The molecule has 134 valence electrons. The van der Waals surface area contributed by atoms with E-state index in [0.29, 0.717) is 28.4 Å². The number of aryl methyl sites for hydroxylation is 1. The Bertz CT molecular complexity index is 912. The van der Waals surface area contributed by atoms with Gasteiger partial charge in [0.1, 0.15) is 5.75 Å². The first-order valence-electron chi connectivity index (χ1n) is 7.83. The second kappa shape index (κ2) is 8.16. The third kappa shape index (κ3) is 4.50. The van der Waals surface area contributed by atoms with Crippen LogP contribution in [0.2, 0.25) is 5.02 Å². The van der Waals surface area contributed by atoms with Crippen molar-refractivity contribution in [2.45, 2.75) is 13.5 Å². The Hall–Kier alpha value is -2.64. The summed E-state index contributed by atoms with van der Waals surface area (Å²) in [6.45, 7) is 2.26. The fourth-order valence-corrected chi connectivity index (χ4v) is 2.56. The van der Waals surface area contributed by atoms with Crippen LogP contribution in [0.15, 0.2) is 47.0 Å². The number of thiocarbonyl (C=S) groups is 1. The molecular formula is C18H17ClN4O2S. The van der Waals surface area contributed by atoms with E-state index >= 15 is 0 Å². The van der Waals surface area contributed by atoms with Gasteiger partial charge in [-0.25, -0.2) is 0 Å². The van der Waals surface area contributed by atoms with Gasteiger partial charge in [0.15, 0.2) is 5.11 Å². The van der Waals surface area contributed by atoms with Crippen LogP contribution in [-0.2, 0) is 6.54 Å². The van der Waals surface area contributed by atoms with Gasteiger partial charge in [-0.2, -0.15) is 4.98 Å². The van der Waals surface area contributed by atoms with E-state index in [1.54, 1.807) is 7.11 Å². The predicted octanol–water partition coefficient (Wildman–Crippen LogP) is 4.19. The highest BCUT2D eigenvalue weighted by atomic mass is 35.5. The van der Waals surface area contributed by atoms with Crippen molar-refractivity contribution in [3.63, 3.8) is 0 Å². The van der Waals surface area contributed by atoms with Crippen molar-refractivity contribution in [1.82, 2.24) is 15.5 Å². The van der Waals surface area contributed by atoms with E-state index in [0.717, 1.165) is 22.6 Å². The van der Waals surface area contributed by atoms with Crippen LogP contribution in [-0.4, -0.2) is 22.4 Å². The van der Waals surface area contributed by atoms with Gasteiger partial charge in [-0.15, -0.1) is 0 Å². The molecule has 1 heterocycles. The third-order valence-electron chi connectivity index (χ3n) is 3.65. The molecule has 0 saturated heterocycles. The topological polar surface area (TPSA) is 72.2 Å². The first-order valence-corrected chi connectivity index (χ1v) is 8.62. The number of rotatable bonds is 5. The minimum Gasteiger partial charge on any atom is -0.497 e. The molecule has 0 unspecified atom stereocenters. The number of anilines is 1. The number of hydrogen-bond donors (Lipinski definition) is 2. The molecule has 0 spiro atoms. The van der Waals surface area contributed by atoms with Crippen molar-refractivity contribution in [3.8, 4) is 17.1 Å². The van der Waals surface area contributed by atoms with Gasteiger partial charge in [-0.05, 0) is 61.1 Å². The lowest BCUT2D eigenvalue weighted by Gasteiger charge is -2.09. The van der Waals surface area contributed by atoms with Gasteiger partial charge in [-0.1, -0.05) is 22.8 Å². The summed E-state index contributed by atoms with van der Waals surface area (Å²) in [5, 5.41) is 11.2. The molecule has 2 aromatic carbocycles. The molecule has 3 rings (SSSR count). The molecule has 0 aliphatic carbocycles. The van der Waals surface area contributed by atoms with Gasteiger partial charge in [0, 0.05) is 16.3 Å². The zero-order valence-electron chi connectivity index (χ0n) is 14.2. The number of aromatic nitrogens is 2. The van der Waals surface area contributed by atoms with Crippen LogP contribution in [0.5, 0.6) is 5.75 Å². The summed E-state index contributed by atoms with van der Waals surface area (Å²) in [7, 11) is 1.62. The Morgan fingerprint density at radius 2 is 2.00 bits per heavy atom. The van der Waals surface area contributed by atoms with Gasteiger partial charge in [-0.3, -0.25) is 0 Å². The lowest BCUT2D eigenvalue weighted by Crippen LogP contribution is -2.28. The summed E-state index contributed by atoms with van der Waals surface area (Å²) >= 11 is 11.4. The van der Waals surface area contributed by atoms with Crippen LogP contribution in [0.1, 0.15) is 11.5 Å². The molecule has 8 heteroatoms. The summed E-state index contributed by atoms with van der Waals surface area (Å²) in [6.07, 6.45) is 0. The number of hydrogen-bond acceptors (Lipinski definition) is 5. The van der Waals surface area contributed by atoms with Crippen molar-refractivity contribution in [3.05, 3.63) is 58.9 Å². The van der Waals surface area contributed by atoms with Crippen LogP contribution in [0, 0.1) is 6.92 Å². The highest BCUT2D eigenvalue weighted by molar-refractivity contribution is 7.80. The first-order chi connectivity index (χ1) is 12.5. The van der Waals surface area contributed by atoms with Crippen LogP contribution in [0.4, 0.5) is 5.69 Å². The van der Waals surface area contributed by atoms with E-state index in [9.17, 15) is 0 Å². The average molecular weight is 389 g/mol. The summed E-state index contributed by atoms with van der Waals surface area (Å²) in [5.41, 5.74) is 2.66. The second-order valence-electron chi connectivity index (χ2n) is 5.51. The molecule has 0 bridgehead atoms. The molecule has 1 aromatic heterocycles. The maximum absolute atomic E-state index is 6.11. The summed E-state index contributed by atoms with van der Waals surface area (Å²) < 4.78 is 10.4. The minimum absolute atomic E-state index is 0.314. The lowest BCUT2D eigenvalue weighted by atomic mass is 10.2. The standard InChI is InChI=1S/C18H17ClN4O2S/c1-11-3-6-13(9-15(11)19)21-18(26)20-10-16-22-17(23-25-16)12-4-7-14(24-2)8-5-12/h3-9H,10H2,1-2H3,(H2,20,21,26). The van der Waals surface area contributed by atoms with Crippen LogP contribution < -0.4 is 15.4 Å². The monoisotopic (exact) mass is 388 g/mol. The molecule has 0 atom stereocenters. The molecule has 3 aromatic rings. The highest BCUT2D eigenvalue weighted by Crippen LogP contribution is 2.21. The van der Waals surface area contributed by atoms with E-state index in [1.807, 2.05) is 49.4 Å². The highest BCUT2D eigenvalue weighted by Gasteiger charge is 2.09. The number of methoxy groups -OCH3 is 1. The average Bonchev–Trinajstić information content (AvgIpc) is 3.12. The predicted molar refractivity (Wildman–Crippen MR) is 106 cm³/mol. The van der Waals surface area contributed by atoms with Gasteiger partial charge in [0.2, 0.25) is 11.7 Å². The zero-order chi connectivity index (χ0) is 18.5. The van der Waals surface area contributed by atoms with Crippen molar-refractivity contribution < 1.29 is 9.26 Å². The molecule has 26 heavy (non-hydrogen) atoms. The number of halogens is 1. The van der Waals surface area contributed by atoms with Gasteiger partial charge in [0.25, 0.3) is 0 Å². The maximum Gasteiger partial charge on any atom is 0.246 e. The molecule has 6 nitrogen and oxygen atoms in total. The van der Waals surface area contributed by atoms with Crippen LogP contribution >= 0.6 is 23.8 Å². The molecule has 2 N–H and O–H groups in total. The fraction of sp³-hybridized carbons (Fsp3) is 0.167. The summed E-state index contributed by atoms with van der Waals surface area (Å²) in [5.74, 6) is 1.71. The molecule has 0 aliphatic heterocycles. The molecule has 0 amide bonds. The molecule has 0 aliphatic rings. The second-order valence-corrected chi connectivity index (χ2v) is 6.33. The third-order valence-corrected chi connectivity index (χ3v) is 4.30. The minimum atomic E-state index is 0.314. The molecule has 0 radical (unpaired) electrons. The SMILES string of the molecule is COc1ccc(-c2noc(CNC(=S)Nc3ccc(C)c(Cl)c3)n2)cc1. The van der Waals surface area contributed by atoms with E-state index in [-0.39, 0.29) is 0 Å². The molecule has 0 fully saturated rings. The Labute approximate surface area is 161 Å². The zero-order valence-corrected chi connectivity index (χ0v) is 15.8. The van der Waals surface area contributed by atoms with E-state index in [2.05, 4.69) is 20.8 Å². The molecule has 0 saturated carbocycles. The van der Waals surface area contributed by atoms with Gasteiger partial charge in [0.05, 0.1) is 13.7 Å².